The molecule has 3 rings (SSSR count). The minimum absolute atomic E-state index is 0.162. The molecule has 0 aromatic heterocycles. The second-order valence-corrected chi connectivity index (χ2v) is 6.77. The molecule has 0 atom stereocenters. The highest BCUT2D eigenvalue weighted by Gasteiger charge is 2.40. The molecule has 0 aromatic rings. The van der Waals surface area contributed by atoms with E-state index >= 15 is 0 Å². The molecule has 2 aliphatic heterocycles. The summed E-state index contributed by atoms with van der Waals surface area (Å²) in [5.74, 6) is 0.853. The summed E-state index contributed by atoms with van der Waals surface area (Å²) in [5.41, 5.74) is 0.162. The lowest BCUT2D eigenvalue weighted by atomic mass is 9.81. The summed E-state index contributed by atoms with van der Waals surface area (Å²) in [6.07, 6.45) is 5.44. The van der Waals surface area contributed by atoms with Gasteiger partial charge in [-0.1, -0.05) is 0 Å². The number of hydrogen-bond donors (Lipinski definition) is 0. The van der Waals surface area contributed by atoms with Crippen molar-refractivity contribution in [2.24, 2.45) is 5.92 Å². The third-order valence-electron chi connectivity index (χ3n) is 5.27. The quantitative estimate of drug-likeness (QED) is 0.768. The highest BCUT2D eigenvalue weighted by Crippen LogP contribution is 2.33. The Bertz CT molecular complexity index is 297. The van der Waals surface area contributed by atoms with Gasteiger partial charge < -0.3 is 14.4 Å². The maximum absolute atomic E-state index is 6.17. The van der Waals surface area contributed by atoms with Gasteiger partial charge in [0.05, 0.1) is 18.3 Å². The number of hydrogen-bond acceptors (Lipinski definition) is 4. The molecule has 2 saturated heterocycles. The van der Waals surface area contributed by atoms with Crippen LogP contribution in [0.5, 0.6) is 0 Å². The van der Waals surface area contributed by atoms with Crippen LogP contribution >= 0.6 is 0 Å². The molecule has 110 valence electrons. The van der Waals surface area contributed by atoms with Crippen LogP contribution in [0.2, 0.25) is 0 Å². The number of nitrogens with zero attached hydrogens (tertiary/aromatic N) is 2. The molecule has 0 aromatic carbocycles. The molecule has 4 heteroatoms. The van der Waals surface area contributed by atoms with Gasteiger partial charge in [-0.2, -0.15) is 0 Å². The summed E-state index contributed by atoms with van der Waals surface area (Å²) in [6.45, 7) is 6.80. The van der Waals surface area contributed by atoms with Crippen molar-refractivity contribution in [2.75, 3.05) is 53.5 Å². The van der Waals surface area contributed by atoms with Crippen molar-refractivity contribution in [2.45, 2.75) is 37.4 Å². The Balaban J connectivity index is 1.48. The van der Waals surface area contributed by atoms with Crippen LogP contribution in [-0.4, -0.2) is 75.0 Å². The molecule has 2 heterocycles. The van der Waals surface area contributed by atoms with Crippen LogP contribution in [0.15, 0.2) is 0 Å². The van der Waals surface area contributed by atoms with Crippen molar-refractivity contribution in [1.29, 1.82) is 0 Å². The van der Waals surface area contributed by atoms with Gasteiger partial charge in [0.25, 0.3) is 0 Å². The highest BCUT2D eigenvalue weighted by molar-refractivity contribution is 4.93. The molecule has 0 radical (unpaired) electrons. The standard InChI is InChI=1S/C15H28N2O2/c1-16-5-3-15(4-6-16)12-17(7-8-19-15)11-13-9-14(10-13)18-2/h13-14H,3-12H2,1-2H3/t13-,14-. The van der Waals surface area contributed by atoms with Gasteiger partial charge in [0, 0.05) is 39.8 Å². The first-order chi connectivity index (χ1) is 9.19. The van der Waals surface area contributed by atoms with E-state index in [9.17, 15) is 0 Å². The zero-order valence-corrected chi connectivity index (χ0v) is 12.4. The molecule has 1 saturated carbocycles. The zero-order chi connectivity index (χ0) is 13.3. The van der Waals surface area contributed by atoms with Crippen molar-refractivity contribution in [3.63, 3.8) is 0 Å². The average molecular weight is 268 g/mol. The molecule has 3 fully saturated rings. The van der Waals surface area contributed by atoms with E-state index < -0.39 is 0 Å². The Kier molecular flexibility index (Phi) is 4.13. The minimum atomic E-state index is 0.162. The molecular formula is C15H28N2O2. The van der Waals surface area contributed by atoms with E-state index in [4.69, 9.17) is 9.47 Å². The van der Waals surface area contributed by atoms with Crippen molar-refractivity contribution in [3.8, 4) is 0 Å². The predicted octanol–water partition coefficient (Wildman–Crippen LogP) is 1.21. The molecule has 0 amide bonds. The Labute approximate surface area is 117 Å². The normalized spacial score (nSPS) is 36.3. The topological polar surface area (TPSA) is 24.9 Å². The maximum atomic E-state index is 6.17. The van der Waals surface area contributed by atoms with E-state index in [0.717, 1.165) is 25.6 Å². The van der Waals surface area contributed by atoms with Crippen LogP contribution in [0, 0.1) is 5.92 Å². The molecule has 1 aliphatic carbocycles. The fraction of sp³-hybridized carbons (Fsp3) is 1.00. The van der Waals surface area contributed by atoms with Gasteiger partial charge in [-0.05, 0) is 38.6 Å². The molecule has 1 spiro atoms. The van der Waals surface area contributed by atoms with Gasteiger partial charge in [0.15, 0.2) is 0 Å². The van der Waals surface area contributed by atoms with Gasteiger partial charge in [0.1, 0.15) is 0 Å². The van der Waals surface area contributed by atoms with Gasteiger partial charge in [-0.3, -0.25) is 4.90 Å². The maximum Gasteiger partial charge on any atom is 0.0833 e. The molecule has 4 nitrogen and oxygen atoms in total. The third-order valence-corrected chi connectivity index (χ3v) is 5.27. The number of ether oxygens (including phenoxy) is 2. The first-order valence-electron chi connectivity index (χ1n) is 7.77. The SMILES string of the molecule is CO[C@H]1C[C@H](CN2CCOC3(CCN(C)CC3)C2)C1. The zero-order valence-electron chi connectivity index (χ0n) is 12.4. The fourth-order valence-electron chi connectivity index (χ4n) is 3.79. The van der Waals surface area contributed by atoms with Crippen LogP contribution in [0.4, 0.5) is 0 Å². The average Bonchev–Trinajstić information content (AvgIpc) is 2.38. The first kappa shape index (κ1) is 13.8. The van der Waals surface area contributed by atoms with Crippen LogP contribution in [0.3, 0.4) is 0 Å². The van der Waals surface area contributed by atoms with Crippen LogP contribution < -0.4 is 0 Å². The van der Waals surface area contributed by atoms with E-state index in [0.29, 0.717) is 6.10 Å². The lowest BCUT2D eigenvalue weighted by Crippen LogP contribution is -2.57. The van der Waals surface area contributed by atoms with Crippen molar-refractivity contribution in [1.82, 2.24) is 9.80 Å². The van der Waals surface area contributed by atoms with Crippen molar-refractivity contribution >= 4 is 0 Å². The number of piperidine rings is 1. The molecular weight excluding hydrogens is 240 g/mol. The van der Waals surface area contributed by atoms with Gasteiger partial charge in [0.2, 0.25) is 0 Å². The number of rotatable bonds is 3. The summed E-state index contributed by atoms with van der Waals surface area (Å²) >= 11 is 0. The van der Waals surface area contributed by atoms with E-state index in [-0.39, 0.29) is 5.60 Å². The molecule has 0 unspecified atom stereocenters. The summed E-state index contributed by atoms with van der Waals surface area (Å²) in [4.78, 5) is 5.06. The van der Waals surface area contributed by atoms with E-state index in [1.54, 1.807) is 0 Å². The molecule has 3 aliphatic rings. The number of likely N-dealkylation sites (tertiary alicyclic amines) is 1. The Hall–Kier alpha value is -0.160. The van der Waals surface area contributed by atoms with Gasteiger partial charge in [-0.25, -0.2) is 0 Å². The second kappa shape index (κ2) is 5.68. The largest absolute Gasteiger partial charge is 0.381 e. The summed E-state index contributed by atoms with van der Waals surface area (Å²) < 4.78 is 11.5. The molecule has 0 N–H and O–H groups in total. The van der Waals surface area contributed by atoms with E-state index in [1.807, 2.05) is 7.11 Å². The second-order valence-electron chi connectivity index (χ2n) is 6.77. The third kappa shape index (κ3) is 3.13. The van der Waals surface area contributed by atoms with E-state index in [2.05, 4.69) is 16.8 Å². The van der Waals surface area contributed by atoms with Gasteiger partial charge >= 0.3 is 0 Å². The molecule has 19 heavy (non-hydrogen) atoms. The Morgan fingerprint density at radius 1 is 1.21 bits per heavy atom. The highest BCUT2D eigenvalue weighted by atomic mass is 16.5. The predicted molar refractivity (Wildman–Crippen MR) is 75.4 cm³/mol. The Morgan fingerprint density at radius 3 is 2.63 bits per heavy atom. The molecule has 0 bridgehead atoms. The van der Waals surface area contributed by atoms with Crippen molar-refractivity contribution in [3.05, 3.63) is 0 Å². The van der Waals surface area contributed by atoms with Crippen LogP contribution in [0.25, 0.3) is 0 Å². The Morgan fingerprint density at radius 2 is 1.95 bits per heavy atom. The summed E-state index contributed by atoms with van der Waals surface area (Å²) in [6, 6.07) is 0. The summed E-state index contributed by atoms with van der Waals surface area (Å²) in [5, 5.41) is 0. The lowest BCUT2D eigenvalue weighted by Gasteiger charge is -2.48. The fourth-order valence-corrected chi connectivity index (χ4v) is 3.79. The smallest absolute Gasteiger partial charge is 0.0833 e. The monoisotopic (exact) mass is 268 g/mol. The first-order valence-corrected chi connectivity index (χ1v) is 7.77. The number of morpholine rings is 1. The van der Waals surface area contributed by atoms with Crippen LogP contribution in [0.1, 0.15) is 25.7 Å². The van der Waals surface area contributed by atoms with Crippen LogP contribution in [-0.2, 0) is 9.47 Å². The lowest BCUT2D eigenvalue weighted by molar-refractivity contribution is -0.140. The number of methoxy groups -OCH3 is 1. The van der Waals surface area contributed by atoms with Gasteiger partial charge in [-0.15, -0.1) is 0 Å². The van der Waals surface area contributed by atoms with Crippen molar-refractivity contribution < 1.29 is 9.47 Å². The minimum Gasteiger partial charge on any atom is -0.381 e. The summed E-state index contributed by atoms with van der Waals surface area (Å²) in [7, 11) is 4.05. The van der Waals surface area contributed by atoms with E-state index in [1.165, 1.54) is 45.3 Å².